The van der Waals surface area contributed by atoms with Crippen molar-refractivity contribution in [1.29, 1.82) is 0 Å². The molecule has 0 aliphatic carbocycles. The number of benzene rings is 8. The van der Waals surface area contributed by atoms with Gasteiger partial charge in [-0.15, -0.1) is 0 Å². The summed E-state index contributed by atoms with van der Waals surface area (Å²) < 4.78 is 12.7. The Bertz CT molecular complexity index is 2750. The number of hydrogen-bond donors (Lipinski definition) is 0. The van der Waals surface area contributed by atoms with Gasteiger partial charge in [0.2, 0.25) is 0 Å². The summed E-state index contributed by atoms with van der Waals surface area (Å²) in [4.78, 5) is 0. The molecule has 0 bridgehead atoms. The van der Waals surface area contributed by atoms with Crippen LogP contribution in [0.4, 0.5) is 0 Å². The zero-order valence-corrected chi connectivity index (χ0v) is 26.0. The summed E-state index contributed by atoms with van der Waals surface area (Å²) in [6, 6.07) is 60.4. The Morgan fingerprint density at radius 3 is 1.42 bits per heavy atom. The number of rotatable bonds is 4. The molecule has 0 aliphatic heterocycles. The van der Waals surface area contributed by atoms with Crippen molar-refractivity contribution >= 4 is 54.5 Å². The molecule has 0 amide bonds. The van der Waals surface area contributed by atoms with Gasteiger partial charge in [0.1, 0.15) is 22.5 Å². The van der Waals surface area contributed by atoms with E-state index in [0.717, 1.165) is 44.2 Å². The van der Waals surface area contributed by atoms with Gasteiger partial charge in [0.05, 0.1) is 0 Å². The smallest absolute Gasteiger partial charge is 0.139 e. The summed E-state index contributed by atoms with van der Waals surface area (Å²) in [5, 5.41) is 8.19. The number of hydrogen-bond acceptors (Lipinski definition) is 2. The van der Waals surface area contributed by atoms with Gasteiger partial charge in [0.25, 0.3) is 0 Å². The van der Waals surface area contributed by atoms with Crippen LogP contribution in [0.25, 0.3) is 99.2 Å². The van der Waals surface area contributed by atoms with E-state index >= 15 is 0 Å². The van der Waals surface area contributed by atoms with E-state index in [-0.39, 0.29) is 0 Å². The molecule has 10 rings (SSSR count). The van der Waals surface area contributed by atoms with E-state index in [9.17, 15) is 0 Å². The molecule has 0 saturated carbocycles. The maximum atomic E-state index is 6.40. The Kier molecular flexibility index (Phi) is 5.91. The predicted molar refractivity (Wildman–Crippen MR) is 200 cm³/mol. The Labute approximate surface area is 277 Å². The number of furan rings is 2. The summed E-state index contributed by atoms with van der Waals surface area (Å²) >= 11 is 0. The standard InChI is InChI=1S/C46H28O2/c1-3-11-29(12-4-1)30-19-21-32(22-20-30)45-35-15-7-9-17-37(35)46(38-18-10-8-16-36(38)45)33-23-24-41-39(25-33)40-26-34-27-42(31-13-5-2-6-14-31)48-43(34)28-44(40)47-41/h1-28H. The third-order valence-electron chi connectivity index (χ3n) is 9.67. The average Bonchev–Trinajstić information content (AvgIpc) is 3.74. The summed E-state index contributed by atoms with van der Waals surface area (Å²) in [6.07, 6.45) is 0. The Morgan fingerprint density at radius 2 is 0.771 bits per heavy atom. The van der Waals surface area contributed by atoms with Gasteiger partial charge in [-0.05, 0) is 79.2 Å². The molecule has 0 spiro atoms. The quantitative estimate of drug-likeness (QED) is 0.185. The first kappa shape index (κ1) is 26.8. The maximum absolute atomic E-state index is 6.40. The first-order valence-electron chi connectivity index (χ1n) is 16.3. The largest absolute Gasteiger partial charge is 0.456 e. The van der Waals surface area contributed by atoms with Crippen LogP contribution in [-0.2, 0) is 0 Å². The van der Waals surface area contributed by atoms with Crippen molar-refractivity contribution in [3.63, 3.8) is 0 Å². The maximum Gasteiger partial charge on any atom is 0.139 e. The van der Waals surface area contributed by atoms with E-state index in [1.54, 1.807) is 0 Å². The molecule has 0 radical (unpaired) electrons. The van der Waals surface area contributed by atoms with Crippen molar-refractivity contribution in [2.75, 3.05) is 0 Å². The fraction of sp³-hybridized carbons (Fsp3) is 0. The normalized spacial score (nSPS) is 11.8. The second kappa shape index (κ2) is 10.6. The van der Waals surface area contributed by atoms with Crippen LogP contribution in [0, 0.1) is 0 Å². The van der Waals surface area contributed by atoms with Crippen LogP contribution in [0.15, 0.2) is 179 Å². The lowest BCUT2D eigenvalue weighted by molar-refractivity contribution is 0.628. The first-order valence-corrected chi connectivity index (χ1v) is 16.3. The molecule has 0 fully saturated rings. The molecular formula is C46H28O2. The first-order chi connectivity index (χ1) is 23.8. The third-order valence-corrected chi connectivity index (χ3v) is 9.67. The highest BCUT2D eigenvalue weighted by molar-refractivity contribution is 6.22. The summed E-state index contributed by atoms with van der Waals surface area (Å²) in [5.41, 5.74) is 10.9. The monoisotopic (exact) mass is 612 g/mol. The van der Waals surface area contributed by atoms with Crippen LogP contribution in [0.2, 0.25) is 0 Å². The Hall–Kier alpha value is -6.38. The highest BCUT2D eigenvalue weighted by Gasteiger charge is 2.19. The zero-order chi connectivity index (χ0) is 31.6. The minimum absolute atomic E-state index is 0.824. The lowest BCUT2D eigenvalue weighted by Gasteiger charge is -2.18. The molecule has 8 aromatic carbocycles. The molecule has 0 aliphatic rings. The number of fused-ring (bicyclic) bond motifs is 6. The molecule has 48 heavy (non-hydrogen) atoms. The molecule has 2 nitrogen and oxygen atoms in total. The molecule has 10 aromatic rings. The summed E-state index contributed by atoms with van der Waals surface area (Å²) in [5.74, 6) is 0.857. The van der Waals surface area contributed by atoms with Crippen molar-refractivity contribution in [3.8, 4) is 44.7 Å². The molecule has 2 heterocycles. The highest BCUT2D eigenvalue weighted by atomic mass is 16.3. The van der Waals surface area contributed by atoms with Crippen molar-refractivity contribution in [1.82, 2.24) is 0 Å². The van der Waals surface area contributed by atoms with Gasteiger partial charge in [0.15, 0.2) is 0 Å². The van der Waals surface area contributed by atoms with E-state index in [2.05, 4.69) is 146 Å². The van der Waals surface area contributed by atoms with Crippen LogP contribution in [0.3, 0.4) is 0 Å². The van der Waals surface area contributed by atoms with Gasteiger partial charge in [-0.2, -0.15) is 0 Å². The van der Waals surface area contributed by atoms with Crippen LogP contribution >= 0.6 is 0 Å². The van der Waals surface area contributed by atoms with E-state index in [4.69, 9.17) is 8.83 Å². The van der Waals surface area contributed by atoms with E-state index < -0.39 is 0 Å². The van der Waals surface area contributed by atoms with Gasteiger partial charge in [-0.1, -0.05) is 140 Å². The SMILES string of the molecule is c1ccc(-c2ccc(-c3c4ccccc4c(-c4ccc5oc6cc7oc(-c8ccccc8)cc7cc6c5c4)c4ccccc34)cc2)cc1. The molecule has 0 N–H and O–H groups in total. The van der Waals surface area contributed by atoms with Crippen LogP contribution in [-0.4, -0.2) is 0 Å². The third kappa shape index (κ3) is 4.20. The van der Waals surface area contributed by atoms with Crippen molar-refractivity contribution in [3.05, 3.63) is 170 Å². The summed E-state index contributed by atoms with van der Waals surface area (Å²) in [6.45, 7) is 0. The summed E-state index contributed by atoms with van der Waals surface area (Å²) in [7, 11) is 0. The molecule has 0 unspecified atom stereocenters. The highest BCUT2D eigenvalue weighted by Crippen LogP contribution is 2.45. The molecule has 224 valence electrons. The van der Waals surface area contributed by atoms with Crippen molar-refractivity contribution in [2.45, 2.75) is 0 Å². The van der Waals surface area contributed by atoms with Gasteiger partial charge in [-0.3, -0.25) is 0 Å². The van der Waals surface area contributed by atoms with E-state index in [1.807, 2.05) is 24.3 Å². The zero-order valence-electron chi connectivity index (χ0n) is 26.0. The van der Waals surface area contributed by atoms with Crippen molar-refractivity contribution < 1.29 is 8.83 Å². The Morgan fingerprint density at radius 1 is 0.271 bits per heavy atom. The lowest BCUT2D eigenvalue weighted by atomic mass is 9.85. The van der Waals surface area contributed by atoms with Gasteiger partial charge in [-0.25, -0.2) is 0 Å². The fourth-order valence-corrected chi connectivity index (χ4v) is 7.42. The Balaban J connectivity index is 1.17. The van der Waals surface area contributed by atoms with Crippen LogP contribution < -0.4 is 0 Å². The van der Waals surface area contributed by atoms with Gasteiger partial charge < -0.3 is 8.83 Å². The average molecular weight is 613 g/mol. The molecule has 2 heteroatoms. The molecule has 2 aromatic heterocycles. The minimum Gasteiger partial charge on any atom is -0.456 e. The fourth-order valence-electron chi connectivity index (χ4n) is 7.42. The van der Waals surface area contributed by atoms with Gasteiger partial charge in [0, 0.05) is 27.8 Å². The van der Waals surface area contributed by atoms with Crippen LogP contribution in [0.5, 0.6) is 0 Å². The second-order valence-corrected chi connectivity index (χ2v) is 12.5. The lowest BCUT2D eigenvalue weighted by Crippen LogP contribution is -1.91. The predicted octanol–water partition coefficient (Wildman–Crippen LogP) is 13.3. The topological polar surface area (TPSA) is 26.3 Å². The minimum atomic E-state index is 0.824. The van der Waals surface area contributed by atoms with Gasteiger partial charge >= 0.3 is 0 Å². The van der Waals surface area contributed by atoms with Crippen LogP contribution in [0.1, 0.15) is 0 Å². The molecular weight excluding hydrogens is 585 g/mol. The van der Waals surface area contributed by atoms with Crippen molar-refractivity contribution in [2.24, 2.45) is 0 Å². The molecule has 0 atom stereocenters. The second-order valence-electron chi connectivity index (χ2n) is 12.5. The van der Waals surface area contributed by atoms with E-state index in [1.165, 1.54) is 54.9 Å². The molecule has 0 saturated heterocycles. The van der Waals surface area contributed by atoms with E-state index in [0.29, 0.717) is 0 Å².